The molecule has 3 N–H and O–H groups in total. The lowest BCUT2D eigenvalue weighted by Crippen LogP contribution is -2.51. The molecule has 0 bridgehead atoms. The van der Waals surface area contributed by atoms with Crippen molar-refractivity contribution in [3.8, 4) is 11.5 Å². The number of hydrogen-bond donors (Lipinski definition) is 2. The number of morpholine rings is 1. The molecule has 6 heteroatoms. The number of nitrogens with one attached hydrogen (secondary N) is 1. The smallest absolute Gasteiger partial charge is 0.238 e. The normalized spacial score (nSPS) is 18.9. The number of carbonyl (C=O) groups is 1. The molecule has 138 valence electrons. The molecule has 0 saturated carbocycles. The zero-order chi connectivity index (χ0) is 18.4. The first-order valence-electron chi connectivity index (χ1n) is 8.83. The zero-order valence-corrected chi connectivity index (χ0v) is 14.9. The van der Waals surface area contributed by atoms with Gasteiger partial charge in [0.05, 0.1) is 24.9 Å². The van der Waals surface area contributed by atoms with Crippen LogP contribution in [0.5, 0.6) is 11.5 Å². The molecule has 26 heavy (non-hydrogen) atoms. The lowest BCUT2D eigenvalue weighted by Gasteiger charge is -2.34. The highest BCUT2D eigenvalue weighted by Crippen LogP contribution is 2.29. The highest BCUT2D eigenvalue weighted by Gasteiger charge is 2.24. The molecule has 6 nitrogen and oxygen atoms in total. The van der Waals surface area contributed by atoms with Crippen molar-refractivity contribution in [2.24, 2.45) is 5.73 Å². The number of hydrogen-bond acceptors (Lipinski definition) is 5. The first-order valence-corrected chi connectivity index (χ1v) is 8.83. The maximum Gasteiger partial charge on any atom is 0.238 e. The number of nitrogens with zero attached hydrogens (tertiary/aromatic N) is 1. The minimum atomic E-state index is -0.0839. The van der Waals surface area contributed by atoms with Gasteiger partial charge in [0.25, 0.3) is 0 Å². The summed E-state index contributed by atoms with van der Waals surface area (Å²) < 4.78 is 11.5. The number of benzene rings is 2. The maximum atomic E-state index is 12.5. The van der Waals surface area contributed by atoms with Gasteiger partial charge >= 0.3 is 0 Å². The van der Waals surface area contributed by atoms with Gasteiger partial charge in [-0.1, -0.05) is 30.3 Å². The van der Waals surface area contributed by atoms with Gasteiger partial charge in [-0.25, -0.2) is 0 Å². The number of amides is 1. The van der Waals surface area contributed by atoms with Crippen LogP contribution in [0.1, 0.15) is 6.92 Å². The molecule has 0 aliphatic carbocycles. The van der Waals surface area contributed by atoms with E-state index in [0.717, 1.165) is 12.3 Å². The van der Waals surface area contributed by atoms with Crippen LogP contribution in [0.25, 0.3) is 0 Å². The zero-order valence-electron chi connectivity index (χ0n) is 14.9. The van der Waals surface area contributed by atoms with E-state index in [1.807, 2.05) is 61.5 Å². The molecule has 0 radical (unpaired) electrons. The Labute approximate surface area is 153 Å². The second-order valence-electron chi connectivity index (χ2n) is 6.46. The SMILES string of the molecule is CC(N)C1CN(CC(=O)Nc2ccccc2Oc2ccccc2)CCO1. The number of nitrogens with two attached hydrogens (primary N) is 1. The topological polar surface area (TPSA) is 76.8 Å². The summed E-state index contributed by atoms with van der Waals surface area (Å²) in [5.41, 5.74) is 6.56. The van der Waals surface area contributed by atoms with Crippen molar-refractivity contribution in [1.29, 1.82) is 0 Å². The Morgan fingerprint density at radius 1 is 1.27 bits per heavy atom. The van der Waals surface area contributed by atoms with E-state index in [2.05, 4.69) is 10.2 Å². The average Bonchev–Trinajstić information content (AvgIpc) is 2.64. The Balaban J connectivity index is 1.61. The van der Waals surface area contributed by atoms with E-state index in [1.54, 1.807) is 0 Å². The molecule has 1 fully saturated rings. The standard InChI is InChI=1S/C20H25N3O3/c1-15(21)19-13-23(11-12-25-19)14-20(24)22-17-9-5-6-10-18(17)26-16-7-3-2-4-8-16/h2-10,15,19H,11-14,21H2,1H3,(H,22,24). The molecular formula is C20H25N3O3. The van der Waals surface area contributed by atoms with Crippen LogP contribution in [0.4, 0.5) is 5.69 Å². The number of ether oxygens (including phenoxy) is 2. The fourth-order valence-electron chi connectivity index (χ4n) is 2.86. The van der Waals surface area contributed by atoms with Crippen LogP contribution in [-0.2, 0) is 9.53 Å². The molecule has 1 aliphatic heterocycles. The Morgan fingerprint density at radius 3 is 2.77 bits per heavy atom. The number of para-hydroxylation sites is 3. The number of carbonyl (C=O) groups excluding carboxylic acids is 1. The van der Waals surface area contributed by atoms with Crippen molar-refractivity contribution >= 4 is 11.6 Å². The van der Waals surface area contributed by atoms with Crippen molar-refractivity contribution in [2.75, 3.05) is 31.6 Å². The monoisotopic (exact) mass is 355 g/mol. The van der Waals surface area contributed by atoms with E-state index < -0.39 is 0 Å². The van der Waals surface area contributed by atoms with Gasteiger partial charge in [-0.3, -0.25) is 9.69 Å². The van der Waals surface area contributed by atoms with Crippen molar-refractivity contribution < 1.29 is 14.3 Å². The molecule has 3 rings (SSSR count). The number of anilines is 1. The molecule has 1 aliphatic rings. The molecule has 1 saturated heterocycles. The van der Waals surface area contributed by atoms with Gasteiger partial charge in [0.15, 0.2) is 5.75 Å². The Kier molecular flexibility index (Phi) is 6.22. The molecule has 2 unspecified atom stereocenters. The predicted octanol–water partition coefficient (Wildman–Crippen LogP) is 2.47. The van der Waals surface area contributed by atoms with Crippen LogP contribution in [-0.4, -0.2) is 49.2 Å². The minimum absolute atomic E-state index is 0.0368. The molecule has 2 atom stereocenters. The Bertz CT molecular complexity index is 721. The lowest BCUT2D eigenvalue weighted by molar-refractivity contribution is -0.119. The van der Waals surface area contributed by atoms with E-state index >= 15 is 0 Å². The average molecular weight is 355 g/mol. The largest absolute Gasteiger partial charge is 0.455 e. The summed E-state index contributed by atoms with van der Waals surface area (Å²) in [5, 5.41) is 2.94. The van der Waals surface area contributed by atoms with E-state index in [4.69, 9.17) is 15.2 Å². The van der Waals surface area contributed by atoms with Crippen LogP contribution in [0.3, 0.4) is 0 Å². The van der Waals surface area contributed by atoms with Crippen LogP contribution in [0.2, 0.25) is 0 Å². The first-order chi connectivity index (χ1) is 12.6. The summed E-state index contributed by atoms with van der Waals surface area (Å²) in [5.74, 6) is 1.25. The summed E-state index contributed by atoms with van der Waals surface area (Å²) in [7, 11) is 0. The van der Waals surface area contributed by atoms with E-state index in [-0.39, 0.29) is 18.1 Å². The third-order valence-electron chi connectivity index (χ3n) is 4.26. The maximum absolute atomic E-state index is 12.5. The van der Waals surface area contributed by atoms with E-state index in [9.17, 15) is 4.79 Å². The van der Waals surface area contributed by atoms with Crippen molar-refractivity contribution in [3.63, 3.8) is 0 Å². The van der Waals surface area contributed by atoms with E-state index in [0.29, 0.717) is 31.1 Å². The van der Waals surface area contributed by atoms with Gasteiger partial charge in [0.1, 0.15) is 5.75 Å². The van der Waals surface area contributed by atoms with Gasteiger partial charge in [-0.05, 0) is 31.2 Å². The molecule has 1 amide bonds. The summed E-state index contributed by atoms with van der Waals surface area (Å²) in [6.07, 6.45) is -0.0368. The van der Waals surface area contributed by atoms with Crippen molar-refractivity contribution in [2.45, 2.75) is 19.1 Å². The summed E-state index contributed by atoms with van der Waals surface area (Å²) in [4.78, 5) is 14.5. The van der Waals surface area contributed by atoms with Crippen LogP contribution >= 0.6 is 0 Å². The fourth-order valence-corrected chi connectivity index (χ4v) is 2.86. The third-order valence-corrected chi connectivity index (χ3v) is 4.26. The van der Waals surface area contributed by atoms with Gasteiger partial charge in [-0.2, -0.15) is 0 Å². The predicted molar refractivity (Wildman–Crippen MR) is 101 cm³/mol. The molecule has 2 aromatic carbocycles. The number of rotatable bonds is 6. The first kappa shape index (κ1) is 18.4. The Morgan fingerprint density at radius 2 is 2.00 bits per heavy atom. The second kappa shape index (κ2) is 8.80. The molecule has 0 aromatic heterocycles. The minimum Gasteiger partial charge on any atom is -0.455 e. The summed E-state index contributed by atoms with van der Waals surface area (Å²) >= 11 is 0. The summed E-state index contributed by atoms with van der Waals surface area (Å²) in [6, 6.07) is 16.9. The van der Waals surface area contributed by atoms with Crippen LogP contribution in [0, 0.1) is 0 Å². The van der Waals surface area contributed by atoms with E-state index in [1.165, 1.54) is 0 Å². The van der Waals surface area contributed by atoms with Gasteiger partial charge in [0, 0.05) is 19.1 Å². The molecule has 0 spiro atoms. The molecule has 2 aromatic rings. The van der Waals surface area contributed by atoms with Crippen molar-refractivity contribution in [3.05, 3.63) is 54.6 Å². The van der Waals surface area contributed by atoms with Crippen LogP contribution in [0.15, 0.2) is 54.6 Å². The molecule has 1 heterocycles. The third kappa shape index (κ3) is 5.05. The highest BCUT2D eigenvalue weighted by molar-refractivity contribution is 5.93. The van der Waals surface area contributed by atoms with Gasteiger partial charge < -0.3 is 20.5 Å². The fraction of sp³-hybridized carbons (Fsp3) is 0.350. The second-order valence-corrected chi connectivity index (χ2v) is 6.46. The lowest BCUT2D eigenvalue weighted by atomic mass is 10.1. The van der Waals surface area contributed by atoms with Crippen molar-refractivity contribution in [1.82, 2.24) is 4.90 Å². The quantitative estimate of drug-likeness (QED) is 0.832. The van der Waals surface area contributed by atoms with Crippen LogP contribution < -0.4 is 15.8 Å². The Hall–Kier alpha value is -2.41. The summed E-state index contributed by atoms with van der Waals surface area (Å²) in [6.45, 7) is 4.19. The van der Waals surface area contributed by atoms with Gasteiger partial charge in [-0.15, -0.1) is 0 Å². The van der Waals surface area contributed by atoms with Gasteiger partial charge in [0.2, 0.25) is 5.91 Å². The molecular weight excluding hydrogens is 330 g/mol. The highest BCUT2D eigenvalue weighted by atomic mass is 16.5.